The van der Waals surface area contributed by atoms with Crippen LogP contribution in [0.2, 0.25) is 10.0 Å². The first-order valence-corrected chi connectivity index (χ1v) is 7.62. The number of benzene rings is 2. The molecule has 0 aliphatic rings. The molecule has 0 amide bonds. The minimum atomic E-state index is -3.92. The smallest absolute Gasteiger partial charge is 0.265 e. The average molecular weight is 330 g/mol. The van der Waals surface area contributed by atoms with Crippen molar-refractivity contribution in [3.8, 4) is 0 Å². The predicted molar refractivity (Wildman–Crippen MR) is 78.8 cm³/mol. The topological polar surface area (TPSA) is 55.7 Å². The summed E-state index contributed by atoms with van der Waals surface area (Å²) in [4.78, 5) is 0.0272. The van der Waals surface area contributed by atoms with Crippen LogP contribution < -0.4 is 0 Å². The zero-order valence-electron chi connectivity index (χ0n) is 10.0. The number of hydrogen-bond donors (Lipinski definition) is 0. The van der Waals surface area contributed by atoms with Gasteiger partial charge >= 0.3 is 10.1 Å². The quantitative estimate of drug-likeness (QED) is 0.634. The van der Waals surface area contributed by atoms with Crippen LogP contribution in [0.4, 0.5) is 0 Å². The van der Waals surface area contributed by atoms with Gasteiger partial charge in [-0.3, -0.25) is 4.28 Å². The van der Waals surface area contributed by atoms with Crippen molar-refractivity contribution in [3.63, 3.8) is 0 Å². The van der Waals surface area contributed by atoms with E-state index in [2.05, 4.69) is 9.44 Å². The molecule has 0 saturated heterocycles. The van der Waals surface area contributed by atoms with Gasteiger partial charge in [-0.15, -0.1) is 0 Å². The van der Waals surface area contributed by atoms with Crippen LogP contribution in [0.1, 0.15) is 5.56 Å². The lowest BCUT2D eigenvalue weighted by Gasteiger charge is -2.01. The third-order valence-electron chi connectivity index (χ3n) is 2.33. The summed E-state index contributed by atoms with van der Waals surface area (Å²) in [6.45, 7) is 0. The summed E-state index contributed by atoms with van der Waals surface area (Å²) in [7, 11) is -3.92. The van der Waals surface area contributed by atoms with E-state index in [0.29, 0.717) is 15.6 Å². The fourth-order valence-electron chi connectivity index (χ4n) is 1.37. The molecule has 2 rings (SSSR count). The summed E-state index contributed by atoms with van der Waals surface area (Å²) in [5.41, 5.74) is 0.499. The SMILES string of the molecule is O=S(=O)(ON=Cc1ccc(Cl)cc1Cl)c1ccccc1. The van der Waals surface area contributed by atoms with Gasteiger partial charge < -0.3 is 0 Å². The lowest BCUT2D eigenvalue weighted by molar-refractivity contribution is 0.341. The van der Waals surface area contributed by atoms with Gasteiger partial charge in [0.05, 0.1) is 11.2 Å². The Balaban J connectivity index is 2.14. The first kappa shape index (κ1) is 14.8. The number of oxime groups is 1. The van der Waals surface area contributed by atoms with Crippen molar-refractivity contribution in [1.82, 2.24) is 0 Å². The van der Waals surface area contributed by atoms with Gasteiger partial charge in [0.1, 0.15) is 4.90 Å². The Morgan fingerprint density at radius 1 is 1.05 bits per heavy atom. The van der Waals surface area contributed by atoms with Crippen LogP contribution in [0.5, 0.6) is 0 Å². The van der Waals surface area contributed by atoms with E-state index in [1.54, 1.807) is 30.3 Å². The van der Waals surface area contributed by atoms with Crippen LogP contribution >= 0.6 is 23.2 Å². The van der Waals surface area contributed by atoms with Crippen molar-refractivity contribution < 1.29 is 12.7 Å². The Morgan fingerprint density at radius 2 is 1.75 bits per heavy atom. The number of nitrogens with zero attached hydrogens (tertiary/aromatic N) is 1. The van der Waals surface area contributed by atoms with Gasteiger partial charge in [-0.1, -0.05) is 52.6 Å². The van der Waals surface area contributed by atoms with Crippen LogP contribution in [0.3, 0.4) is 0 Å². The minimum Gasteiger partial charge on any atom is -0.265 e. The molecule has 0 saturated carbocycles. The second-order valence-electron chi connectivity index (χ2n) is 3.74. The second kappa shape index (κ2) is 6.26. The molecule has 0 aromatic heterocycles. The fourth-order valence-corrected chi connectivity index (χ4v) is 2.56. The van der Waals surface area contributed by atoms with Crippen molar-refractivity contribution in [2.75, 3.05) is 0 Å². The van der Waals surface area contributed by atoms with Crippen LogP contribution in [0, 0.1) is 0 Å². The summed E-state index contributed by atoms with van der Waals surface area (Å²) in [6, 6.07) is 12.5. The molecular weight excluding hydrogens is 321 g/mol. The van der Waals surface area contributed by atoms with Crippen molar-refractivity contribution in [1.29, 1.82) is 0 Å². The average Bonchev–Trinajstić information content (AvgIpc) is 2.42. The Hall–Kier alpha value is -1.56. The standard InChI is InChI=1S/C13H9Cl2NO3S/c14-11-7-6-10(13(15)8-11)9-16-19-20(17,18)12-4-2-1-3-5-12/h1-9H. The summed E-state index contributed by atoms with van der Waals surface area (Å²) in [5, 5.41) is 4.27. The summed E-state index contributed by atoms with van der Waals surface area (Å²) < 4.78 is 28.1. The third-order valence-corrected chi connectivity index (χ3v) is 4.02. The molecule has 0 N–H and O–H groups in total. The van der Waals surface area contributed by atoms with Crippen molar-refractivity contribution in [3.05, 3.63) is 64.1 Å². The molecule has 20 heavy (non-hydrogen) atoms. The maximum Gasteiger partial charge on any atom is 0.358 e. The number of hydrogen-bond acceptors (Lipinski definition) is 4. The monoisotopic (exact) mass is 329 g/mol. The first-order valence-electron chi connectivity index (χ1n) is 5.46. The molecule has 0 bridgehead atoms. The molecule has 0 unspecified atom stereocenters. The van der Waals surface area contributed by atoms with E-state index < -0.39 is 10.1 Å². The molecular formula is C13H9Cl2NO3S. The highest BCUT2D eigenvalue weighted by molar-refractivity contribution is 7.86. The Kier molecular flexibility index (Phi) is 4.65. The van der Waals surface area contributed by atoms with Crippen LogP contribution in [-0.4, -0.2) is 14.6 Å². The Bertz CT molecular complexity index is 731. The van der Waals surface area contributed by atoms with Crippen molar-refractivity contribution in [2.45, 2.75) is 4.90 Å². The maximum absolute atomic E-state index is 11.8. The lowest BCUT2D eigenvalue weighted by Crippen LogP contribution is -2.02. The predicted octanol–water partition coefficient (Wildman–Crippen LogP) is 3.73. The second-order valence-corrected chi connectivity index (χ2v) is 6.11. The maximum atomic E-state index is 11.8. The molecule has 0 fully saturated rings. The van der Waals surface area contributed by atoms with E-state index in [0.717, 1.165) is 0 Å². The fraction of sp³-hybridized carbons (Fsp3) is 0. The molecule has 0 aliphatic heterocycles. The molecule has 0 spiro atoms. The van der Waals surface area contributed by atoms with E-state index in [-0.39, 0.29) is 4.90 Å². The lowest BCUT2D eigenvalue weighted by atomic mass is 10.2. The van der Waals surface area contributed by atoms with Gasteiger partial charge in [0.2, 0.25) is 0 Å². The molecule has 2 aromatic carbocycles. The van der Waals surface area contributed by atoms with Crippen LogP contribution in [0.25, 0.3) is 0 Å². The van der Waals surface area contributed by atoms with E-state index in [4.69, 9.17) is 23.2 Å². The van der Waals surface area contributed by atoms with Crippen molar-refractivity contribution >= 4 is 39.5 Å². The highest BCUT2D eigenvalue weighted by Gasteiger charge is 2.14. The molecule has 4 nitrogen and oxygen atoms in total. The van der Waals surface area contributed by atoms with Gasteiger partial charge in [0.15, 0.2) is 0 Å². The Morgan fingerprint density at radius 3 is 2.40 bits per heavy atom. The van der Waals surface area contributed by atoms with E-state index in [9.17, 15) is 8.42 Å². The third kappa shape index (κ3) is 3.72. The largest absolute Gasteiger partial charge is 0.358 e. The minimum absolute atomic E-state index is 0.0272. The van der Waals surface area contributed by atoms with Gasteiger partial charge in [-0.2, -0.15) is 8.42 Å². The molecule has 0 atom stereocenters. The zero-order chi connectivity index (χ0) is 14.6. The van der Waals surface area contributed by atoms with Crippen LogP contribution in [-0.2, 0) is 14.4 Å². The number of rotatable bonds is 4. The molecule has 2 aromatic rings. The molecule has 104 valence electrons. The highest BCUT2D eigenvalue weighted by Crippen LogP contribution is 2.19. The van der Waals surface area contributed by atoms with E-state index >= 15 is 0 Å². The normalized spacial score (nSPS) is 11.7. The molecule has 0 radical (unpaired) electrons. The van der Waals surface area contributed by atoms with Crippen LogP contribution in [0.15, 0.2) is 58.6 Å². The van der Waals surface area contributed by atoms with Crippen molar-refractivity contribution in [2.24, 2.45) is 5.16 Å². The van der Waals surface area contributed by atoms with E-state index in [1.807, 2.05) is 0 Å². The van der Waals surface area contributed by atoms with Gasteiger partial charge in [0, 0.05) is 10.6 Å². The van der Waals surface area contributed by atoms with Gasteiger partial charge in [0.25, 0.3) is 0 Å². The van der Waals surface area contributed by atoms with E-state index in [1.165, 1.54) is 24.4 Å². The Labute approximate surface area is 126 Å². The number of halogens is 2. The molecule has 0 aliphatic carbocycles. The summed E-state index contributed by atoms with van der Waals surface area (Å²) in [5.74, 6) is 0. The molecule has 0 heterocycles. The highest BCUT2D eigenvalue weighted by atomic mass is 35.5. The first-order chi connectivity index (χ1) is 9.49. The zero-order valence-corrected chi connectivity index (χ0v) is 12.4. The summed E-state index contributed by atoms with van der Waals surface area (Å²) in [6.07, 6.45) is 1.21. The van der Waals surface area contributed by atoms with Gasteiger partial charge in [-0.05, 0) is 24.3 Å². The van der Waals surface area contributed by atoms with Gasteiger partial charge in [-0.25, -0.2) is 0 Å². The summed E-state index contributed by atoms with van der Waals surface area (Å²) >= 11 is 11.7. The molecule has 7 heteroatoms.